The van der Waals surface area contributed by atoms with Crippen LogP contribution in [0.25, 0.3) is 11.0 Å². The first-order valence-corrected chi connectivity index (χ1v) is 5.24. The van der Waals surface area contributed by atoms with E-state index in [1.165, 1.54) is 23.0 Å². The first kappa shape index (κ1) is 10.6. The number of carbonyl (C=O) groups is 1. The van der Waals surface area contributed by atoms with Crippen LogP contribution in [0.2, 0.25) is 0 Å². The van der Waals surface area contributed by atoms with Crippen molar-refractivity contribution in [1.82, 2.24) is 15.0 Å². The van der Waals surface area contributed by atoms with Crippen LogP contribution in [-0.2, 0) is 7.05 Å². The van der Waals surface area contributed by atoms with E-state index in [1.54, 1.807) is 19.2 Å². The number of nitrogens with zero attached hydrogens (tertiary/aromatic N) is 3. The monoisotopic (exact) mass is 245 g/mol. The third kappa shape index (κ3) is 1.58. The van der Waals surface area contributed by atoms with Gasteiger partial charge in [0.25, 0.3) is 0 Å². The summed E-state index contributed by atoms with van der Waals surface area (Å²) in [5.74, 6) is -0.861. The van der Waals surface area contributed by atoms with Crippen LogP contribution >= 0.6 is 0 Å². The lowest BCUT2D eigenvalue weighted by Crippen LogP contribution is -1.99. The van der Waals surface area contributed by atoms with Gasteiger partial charge in [-0.05, 0) is 12.1 Å². The van der Waals surface area contributed by atoms with E-state index in [0.29, 0.717) is 5.39 Å². The third-order valence-electron chi connectivity index (χ3n) is 2.56. The molecule has 5 nitrogen and oxygen atoms in total. The molecule has 0 aliphatic carbocycles. The zero-order chi connectivity index (χ0) is 12.7. The van der Waals surface area contributed by atoms with Crippen molar-refractivity contribution in [2.24, 2.45) is 7.05 Å². The number of para-hydroxylation sites is 1. The van der Waals surface area contributed by atoms with E-state index in [9.17, 15) is 9.18 Å². The molecule has 6 heteroatoms. The Morgan fingerprint density at radius 2 is 2.28 bits per heavy atom. The second kappa shape index (κ2) is 3.76. The van der Waals surface area contributed by atoms with Gasteiger partial charge in [0.2, 0.25) is 5.78 Å². The van der Waals surface area contributed by atoms with Crippen molar-refractivity contribution in [2.75, 3.05) is 0 Å². The number of hydrogen-bond donors (Lipinski definition) is 0. The predicted molar refractivity (Wildman–Crippen MR) is 60.6 cm³/mol. The summed E-state index contributed by atoms with van der Waals surface area (Å²) in [6.45, 7) is 0. The minimum Gasteiger partial charge on any atom is -0.449 e. The number of furan rings is 1. The molecule has 3 rings (SSSR count). The molecule has 2 aromatic heterocycles. The summed E-state index contributed by atoms with van der Waals surface area (Å²) < 4.78 is 20.1. The smallest absolute Gasteiger partial charge is 0.250 e. The average molecular weight is 245 g/mol. The Kier molecular flexibility index (Phi) is 2.22. The molecule has 0 radical (unpaired) electrons. The Balaban J connectivity index is 2.10. The fourth-order valence-electron chi connectivity index (χ4n) is 1.72. The number of benzene rings is 1. The number of carbonyl (C=O) groups excluding carboxylic acids is 1. The summed E-state index contributed by atoms with van der Waals surface area (Å²) in [4.78, 5) is 12.0. The molecule has 0 spiro atoms. The Hall–Kier alpha value is -2.50. The van der Waals surface area contributed by atoms with Gasteiger partial charge < -0.3 is 4.42 Å². The molecule has 0 bridgehead atoms. The van der Waals surface area contributed by atoms with Crippen molar-refractivity contribution >= 4 is 16.8 Å². The molecule has 0 N–H and O–H groups in total. The number of halogens is 1. The first-order valence-electron chi connectivity index (χ1n) is 5.24. The number of aryl methyl sites for hydroxylation is 1. The van der Waals surface area contributed by atoms with Gasteiger partial charge in [-0.2, -0.15) is 0 Å². The standard InChI is InChI=1S/C12H8FN3O2/c1-16-6-9(14-15-16)11(17)10-5-7-3-2-4-8(13)12(7)18-10/h2-6H,1H3. The fourth-order valence-corrected chi connectivity index (χ4v) is 1.72. The van der Waals surface area contributed by atoms with Crippen molar-refractivity contribution in [3.8, 4) is 0 Å². The Morgan fingerprint density at radius 3 is 2.94 bits per heavy atom. The van der Waals surface area contributed by atoms with E-state index < -0.39 is 11.6 Å². The van der Waals surface area contributed by atoms with Gasteiger partial charge in [0, 0.05) is 12.4 Å². The summed E-state index contributed by atoms with van der Waals surface area (Å²) >= 11 is 0. The maximum absolute atomic E-state index is 13.4. The number of rotatable bonds is 2. The van der Waals surface area contributed by atoms with Crippen LogP contribution in [0.4, 0.5) is 4.39 Å². The number of ketones is 1. The van der Waals surface area contributed by atoms with E-state index in [-0.39, 0.29) is 17.0 Å². The normalized spacial score (nSPS) is 11.0. The SMILES string of the molecule is Cn1cc(C(=O)c2cc3cccc(F)c3o2)nn1. The molecule has 0 saturated carbocycles. The largest absolute Gasteiger partial charge is 0.449 e. The molecule has 0 atom stereocenters. The molecule has 18 heavy (non-hydrogen) atoms. The van der Waals surface area contributed by atoms with E-state index in [0.717, 1.165) is 0 Å². The molecule has 0 aliphatic heterocycles. The summed E-state index contributed by atoms with van der Waals surface area (Å²) in [5.41, 5.74) is 0.238. The first-order chi connectivity index (χ1) is 8.65. The zero-order valence-corrected chi connectivity index (χ0v) is 9.42. The average Bonchev–Trinajstić information content (AvgIpc) is 2.95. The molecule has 3 aromatic rings. The molecule has 0 saturated heterocycles. The Bertz CT molecular complexity index is 745. The highest BCUT2D eigenvalue weighted by atomic mass is 19.1. The lowest BCUT2D eigenvalue weighted by molar-refractivity contribution is 0.101. The maximum Gasteiger partial charge on any atom is 0.250 e. The van der Waals surface area contributed by atoms with E-state index in [1.807, 2.05) is 0 Å². The molecular formula is C12H8FN3O2. The Labute approximate surface area is 101 Å². The van der Waals surface area contributed by atoms with Crippen LogP contribution in [0.3, 0.4) is 0 Å². The number of hydrogen-bond acceptors (Lipinski definition) is 4. The van der Waals surface area contributed by atoms with Gasteiger partial charge in [0.1, 0.15) is 0 Å². The zero-order valence-electron chi connectivity index (χ0n) is 9.42. The van der Waals surface area contributed by atoms with Crippen molar-refractivity contribution in [3.63, 3.8) is 0 Å². The third-order valence-corrected chi connectivity index (χ3v) is 2.56. The lowest BCUT2D eigenvalue weighted by Gasteiger charge is -1.90. The Morgan fingerprint density at radius 1 is 1.44 bits per heavy atom. The molecule has 1 aromatic carbocycles. The summed E-state index contributed by atoms with van der Waals surface area (Å²) in [7, 11) is 1.65. The van der Waals surface area contributed by atoms with Crippen LogP contribution in [-0.4, -0.2) is 20.8 Å². The molecule has 0 aliphatic rings. The van der Waals surface area contributed by atoms with Crippen LogP contribution in [0.5, 0.6) is 0 Å². The molecule has 90 valence electrons. The quantitative estimate of drug-likeness (QED) is 0.647. The van der Waals surface area contributed by atoms with Crippen molar-refractivity contribution in [3.05, 3.63) is 47.7 Å². The van der Waals surface area contributed by atoms with Gasteiger partial charge in [-0.1, -0.05) is 17.3 Å². The van der Waals surface area contributed by atoms with E-state index in [2.05, 4.69) is 10.3 Å². The number of fused-ring (bicyclic) bond motifs is 1. The highest BCUT2D eigenvalue weighted by molar-refractivity contribution is 6.07. The highest BCUT2D eigenvalue weighted by Crippen LogP contribution is 2.23. The van der Waals surface area contributed by atoms with Gasteiger partial charge in [-0.15, -0.1) is 5.10 Å². The summed E-state index contributed by atoms with van der Waals surface area (Å²) in [6, 6.07) is 6.01. The topological polar surface area (TPSA) is 60.9 Å². The van der Waals surface area contributed by atoms with Gasteiger partial charge in [-0.3, -0.25) is 9.48 Å². The molecule has 0 amide bonds. The van der Waals surface area contributed by atoms with Gasteiger partial charge in [-0.25, -0.2) is 4.39 Å². The van der Waals surface area contributed by atoms with Gasteiger partial charge >= 0.3 is 0 Å². The predicted octanol–water partition coefficient (Wildman–Crippen LogP) is 1.93. The van der Waals surface area contributed by atoms with Gasteiger partial charge in [0.15, 0.2) is 22.9 Å². The van der Waals surface area contributed by atoms with Gasteiger partial charge in [0.05, 0.1) is 6.20 Å². The number of aromatic nitrogens is 3. The van der Waals surface area contributed by atoms with Crippen molar-refractivity contribution in [1.29, 1.82) is 0 Å². The molecule has 2 heterocycles. The van der Waals surface area contributed by atoms with Crippen molar-refractivity contribution in [2.45, 2.75) is 0 Å². The molecule has 0 fully saturated rings. The van der Waals surface area contributed by atoms with Crippen LogP contribution < -0.4 is 0 Å². The van der Waals surface area contributed by atoms with E-state index >= 15 is 0 Å². The maximum atomic E-state index is 13.4. The second-order valence-corrected chi connectivity index (χ2v) is 3.88. The van der Waals surface area contributed by atoms with E-state index in [4.69, 9.17) is 4.42 Å². The molecule has 0 unspecified atom stereocenters. The minimum absolute atomic E-state index is 0.0515. The van der Waals surface area contributed by atoms with Crippen molar-refractivity contribution < 1.29 is 13.6 Å². The lowest BCUT2D eigenvalue weighted by atomic mass is 10.2. The van der Waals surface area contributed by atoms with Crippen LogP contribution in [0, 0.1) is 5.82 Å². The minimum atomic E-state index is -0.495. The summed E-state index contributed by atoms with van der Waals surface area (Å²) in [5, 5.41) is 7.90. The molecular weight excluding hydrogens is 237 g/mol. The fraction of sp³-hybridized carbons (Fsp3) is 0.0833. The summed E-state index contributed by atoms with van der Waals surface area (Å²) in [6.07, 6.45) is 1.48. The highest BCUT2D eigenvalue weighted by Gasteiger charge is 2.18. The second-order valence-electron chi connectivity index (χ2n) is 3.88. The van der Waals surface area contributed by atoms with Crippen LogP contribution in [0.15, 0.2) is 34.9 Å². The van der Waals surface area contributed by atoms with Crippen LogP contribution in [0.1, 0.15) is 16.2 Å².